The second-order valence-corrected chi connectivity index (χ2v) is 5.44. The molecule has 0 radical (unpaired) electrons. The minimum absolute atomic E-state index is 0.00424. The highest BCUT2D eigenvalue weighted by molar-refractivity contribution is 6.06. The van der Waals surface area contributed by atoms with Gasteiger partial charge in [-0.25, -0.2) is 0 Å². The van der Waals surface area contributed by atoms with Crippen molar-refractivity contribution in [3.8, 4) is 0 Å². The van der Waals surface area contributed by atoms with E-state index in [2.05, 4.69) is 0 Å². The van der Waals surface area contributed by atoms with Crippen LogP contribution in [0.1, 0.15) is 33.1 Å². The Hall–Kier alpha value is -2.12. The van der Waals surface area contributed by atoms with Crippen molar-refractivity contribution in [1.29, 1.82) is 0 Å². The molecule has 8 heteroatoms. The van der Waals surface area contributed by atoms with Gasteiger partial charge in [0.1, 0.15) is 5.41 Å². The highest BCUT2D eigenvalue weighted by atomic mass is 16.4. The van der Waals surface area contributed by atoms with Gasteiger partial charge in [0.15, 0.2) is 5.41 Å². The van der Waals surface area contributed by atoms with E-state index in [4.69, 9.17) is 0 Å². The molecule has 0 saturated heterocycles. The number of hydrogen-bond acceptors (Lipinski definition) is 4. The number of hydrogen-bond donors (Lipinski definition) is 4. The fourth-order valence-electron chi connectivity index (χ4n) is 3.15. The molecule has 0 aromatic heterocycles. The molecular formula is C12H16O8. The lowest BCUT2D eigenvalue weighted by atomic mass is 9.46. The Morgan fingerprint density at radius 1 is 0.750 bits per heavy atom. The van der Waals surface area contributed by atoms with Crippen molar-refractivity contribution in [3.63, 3.8) is 0 Å². The van der Waals surface area contributed by atoms with E-state index < -0.39 is 46.5 Å². The molecule has 1 fully saturated rings. The first kappa shape index (κ1) is 15.9. The van der Waals surface area contributed by atoms with Crippen LogP contribution in [0.4, 0.5) is 0 Å². The van der Waals surface area contributed by atoms with E-state index in [-0.39, 0.29) is 12.8 Å². The van der Waals surface area contributed by atoms with Crippen molar-refractivity contribution in [2.45, 2.75) is 33.1 Å². The predicted octanol–water partition coefficient (Wildman–Crippen LogP) is 0.508. The van der Waals surface area contributed by atoms with Gasteiger partial charge in [-0.05, 0) is 26.7 Å². The number of carboxylic acid groups (broad SMARTS) is 4. The van der Waals surface area contributed by atoms with Crippen LogP contribution < -0.4 is 0 Å². The topological polar surface area (TPSA) is 149 Å². The lowest BCUT2D eigenvalue weighted by molar-refractivity contribution is -0.210. The third-order valence-electron chi connectivity index (χ3n) is 4.82. The maximum absolute atomic E-state index is 11.6. The Bertz CT molecular complexity index is 482. The molecule has 0 aromatic rings. The van der Waals surface area contributed by atoms with Gasteiger partial charge in [-0.3, -0.25) is 19.2 Å². The van der Waals surface area contributed by atoms with Crippen LogP contribution in [0.5, 0.6) is 0 Å². The minimum Gasteiger partial charge on any atom is -0.481 e. The molecule has 1 saturated carbocycles. The van der Waals surface area contributed by atoms with Crippen molar-refractivity contribution in [2.75, 3.05) is 0 Å². The minimum atomic E-state index is -2.68. The average Bonchev–Trinajstić information content (AvgIpc) is 2.31. The van der Waals surface area contributed by atoms with Gasteiger partial charge < -0.3 is 20.4 Å². The fraction of sp³-hybridized carbons (Fsp3) is 0.667. The van der Waals surface area contributed by atoms with Crippen molar-refractivity contribution in [3.05, 3.63) is 0 Å². The smallest absolute Gasteiger partial charge is 0.322 e. The zero-order valence-electron chi connectivity index (χ0n) is 11.0. The third-order valence-corrected chi connectivity index (χ3v) is 4.82. The number of carboxylic acids is 4. The SMILES string of the molecule is CC1(C(=O)O)CCCC(C(=O)O)(C(=O)O)C1(C)C(=O)O. The quantitative estimate of drug-likeness (QED) is 0.546. The van der Waals surface area contributed by atoms with Gasteiger partial charge in [0.2, 0.25) is 0 Å². The van der Waals surface area contributed by atoms with E-state index in [9.17, 15) is 39.6 Å². The van der Waals surface area contributed by atoms with E-state index >= 15 is 0 Å². The van der Waals surface area contributed by atoms with Crippen LogP contribution in [-0.2, 0) is 19.2 Å². The summed E-state index contributed by atoms with van der Waals surface area (Å²) in [4.78, 5) is 46.1. The summed E-state index contributed by atoms with van der Waals surface area (Å²) in [7, 11) is 0. The molecule has 0 aliphatic heterocycles. The molecular weight excluding hydrogens is 272 g/mol. The zero-order chi connectivity index (χ0) is 15.9. The molecule has 0 heterocycles. The Kier molecular flexibility index (Phi) is 3.56. The molecule has 4 N–H and O–H groups in total. The van der Waals surface area contributed by atoms with Crippen LogP contribution >= 0.6 is 0 Å². The van der Waals surface area contributed by atoms with Gasteiger partial charge in [-0.2, -0.15) is 0 Å². The van der Waals surface area contributed by atoms with Crippen molar-refractivity contribution in [1.82, 2.24) is 0 Å². The largest absolute Gasteiger partial charge is 0.481 e. The molecule has 112 valence electrons. The maximum Gasteiger partial charge on any atom is 0.322 e. The summed E-state index contributed by atoms with van der Waals surface area (Å²) >= 11 is 0. The maximum atomic E-state index is 11.6. The fourth-order valence-corrected chi connectivity index (χ4v) is 3.15. The molecule has 1 aliphatic rings. The molecule has 20 heavy (non-hydrogen) atoms. The van der Waals surface area contributed by atoms with E-state index in [0.29, 0.717) is 0 Å². The lowest BCUT2D eigenvalue weighted by Gasteiger charge is -2.52. The summed E-state index contributed by atoms with van der Waals surface area (Å²) in [6.07, 6.45) is -0.527. The average molecular weight is 288 g/mol. The van der Waals surface area contributed by atoms with Crippen molar-refractivity contribution in [2.24, 2.45) is 16.2 Å². The standard InChI is InChI=1S/C12H16O8/c1-10(6(13)14)4-3-5-12(8(17)18,9(19)20)11(10,2)7(15)16/h3-5H2,1-2H3,(H,13,14)(H,15,16)(H,17,18)(H,19,20). The van der Waals surface area contributed by atoms with E-state index in [0.717, 1.165) is 13.8 Å². The molecule has 0 amide bonds. The second-order valence-electron chi connectivity index (χ2n) is 5.44. The third kappa shape index (κ3) is 1.53. The van der Waals surface area contributed by atoms with Gasteiger partial charge in [-0.1, -0.05) is 6.42 Å². The van der Waals surface area contributed by atoms with Crippen molar-refractivity contribution < 1.29 is 39.6 Å². The lowest BCUT2D eigenvalue weighted by Crippen LogP contribution is -2.66. The first-order chi connectivity index (χ1) is 8.98. The van der Waals surface area contributed by atoms with E-state index in [1.54, 1.807) is 0 Å². The van der Waals surface area contributed by atoms with Gasteiger partial charge in [-0.15, -0.1) is 0 Å². The monoisotopic (exact) mass is 288 g/mol. The Labute approximate surface area is 114 Å². The normalized spacial score (nSPS) is 32.3. The Morgan fingerprint density at radius 2 is 1.20 bits per heavy atom. The van der Waals surface area contributed by atoms with Crippen LogP contribution in [0.2, 0.25) is 0 Å². The van der Waals surface area contributed by atoms with Crippen LogP contribution in [0.25, 0.3) is 0 Å². The molecule has 2 atom stereocenters. The van der Waals surface area contributed by atoms with Gasteiger partial charge >= 0.3 is 23.9 Å². The molecule has 1 aliphatic carbocycles. The summed E-state index contributed by atoms with van der Waals surface area (Å²) in [6, 6.07) is 0. The molecule has 0 aromatic carbocycles. The highest BCUT2D eigenvalue weighted by Crippen LogP contribution is 2.60. The molecule has 2 unspecified atom stereocenters. The van der Waals surface area contributed by atoms with Crippen molar-refractivity contribution >= 4 is 23.9 Å². The Morgan fingerprint density at radius 3 is 1.50 bits per heavy atom. The molecule has 0 spiro atoms. The van der Waals surface area contributed by atoms with E-state index in [1.165, 1.54) is 0 Å². The number of rotatable bonds is 4. The summed E-state index contributed by atoms with van der Waals surface area (Å²) < 4.78 is 0. The van der Waals surface area contributed by atoms with Crippen LogP contribution in [-0.4, -0.2) is 44.3 Å². The number of carbonyl (C=O) groups is 4. The number of aliphatic carboxylic acids is 4. The molecule has 8 nitrogen and oxygen atoms in total. The van der Waals surface area contributed by atoms with Crippen LogP contribution in [0.3, 0.4) is 0 Å². The van der Waals surface area contributed by atoms with E-state index in [1.807, 2.05) is 0 Å². The summed E-state index contributed by atoms with van der Waals surface area (Å²) in [5.41, 5.74) is -7.14. The summed E-state index contributed by atoms with van der Waals surface area (Å²) in [6.45, 7) is 1.98. The van der Waals surface area contributed by atoms with Crippen LogP contribution in [0, 0.1) is 16.2 Å². The van der Waals surface area contributed by atoms with Gasteiger partial charge in [0.25, 0.3) is 0 Å². The predicted molar refractivity (Wildman–Crippen MR) is 63.0 cm³/mol. The zero-order valence-corrected chi connectivity index (χ0v) is 11.0. The highest BCUT2D eigenvalue weighted by Gasteiger charge is 2.74. The van der Waals surface area contributed by atoms with Gasteiger partial charge in [0.05, 0.1) is 5.41 Å². The Balaban J connectivity index is 3.76. The molecule has 1 rings (SSSR count). The van der Waals surface area contributed by atoms with Gasteiger partial charge in [0, 0.05) is 0 Å². The van der Waals surface area contributed by atoms with Crippen LogP contribution in [0.15, 0.2) is 0 Å². The first-order valence-corrected chi connectivity index (χ1v) is 5.92. The second kappa shape index (κ2) is 4.46. The molecule has 0 bridgehead atoms. The first-order valence-electron chi connectivity index (χ1n) is 5.92. The summed E-state index contributed by atoms with van der Waals surface area (Å²) in [5, 5.41) is 37.4. The summed E-state index contributed by atoms with van der Waals surface area (Å²) in [5.74, 6) is -6.93.